The molecule has 0 radical (unpaired) electrons. The van der Waals surface area contributed by atoms with Gasteiger partial charge >= 0.3 is 16.5 Å². The molecule has 0 aromatic rings. The molecule has 2 atom stereocenters. The first kappa shape index (κ1) is 11.7. The Morgan fingerprint density at radius 1 is 1.12 bits per heavy atom. The zero-order chi connectivity index (χ0) is 5.86. The van der Waals surface area contributed by atoms with Gasteiger partial charge in [-0.1, -0.05) is 0 Å². The maximum Gasteiger partial charge on any atom is 0.323 e. The number of hydrogen-bond acceptors (Lipinski definition) is 3. The second-order valence-electron chi connectivity index (χ2n) is 0.634. The molecule has 2 unspecified atom stereocenters. The molecule has 0 aromatic carbocycles. The van der Waals surface area contributed by atoms with Gasteiger partial charge in [-0.15, -0.1) is 0 Å². The molecule has 5 nitrogen and oxygen atoms in total. The van der Waals surface area contributed by atoms with Gasteiger partial charge in [0.2, 0.25) is 0 Å². The molecular weight excluding hydrogens is 207 g/mol. The van der Waals surface area contributed by atoms with E-state index in [1.807, 2.05) is 0 Å². The second-order valence-corrected chi connectivity index (χ2v) is 2.51. The third-order valence-corrected chi connectivity index (χ3v) is 1.57. The van der Waals surface area contributed by atoms with Gasteiger partial charge in [0.1, 0.15) is 0 Å². The fraction of sp³-hybridized carbons (Fsp3) is 0. The summed E-state index contributed by atoms with van der Waals surface area (Å²) in [5.74, 6) is 0. The molecule has 0 aliphatic rings. The molecule has 0 rings (SSSR count). The van der Waals surface area contributed by atoms with Crippen LogP contribution in [0.1, 0.15) is 0 Å². The van der Waals surface area contributed by atoms with Crippen LogP contribution in [0.25, 0.3) is 0 Å². The Hall–Kier alpha value is 0.963. The summed E-state index contributed by atoms with van der Waals surface area (Å²) < 4.78 is 22.3. The molecule has 0 aliphatic heterocycles. The van der Waals surface area contributed by atoms with Gasteiger partial charge in [0.15, 0.2) is 0 Å². The van der Waals surface area contributed by atoms with Crippen LogP contribution in [0.3, 0.4) is 0 Å². The van der Waals surface area contributed by atoms with E-state index in [2.05, 4.69) is 4.31 Å². The Balaban J connectivity index is 0. The molecule has 0 saturated carbocycles. The Bertz CT molecular complexity index is 86.6. The zero-order valence-corrected chi connectivity index (χ0v) is 8.79. The van der Waals surface area contributed by atoms with Crippen LogP contribution in [0.2, 0.25) is 0 Å². The predicted molar refractivity (Wildman–Crippen MR) is 23.5 cm³/mol. The van der Waals surface area contributed by atoms with Crippen molar-refractivity contribution < 1.29 is 42.7 Å². The third-order valence-electron chi connectivity index (χ3n) is 0.175. The molecule has 8 heteroatoms. The van der Waals surface area contributed by atoms with Gasteiger partial charge in [0, 0.05) is 19.5 Å². The summed E-state index contributed by atoms with van der Waals surface area (Å²) in [6.45, 7) is 0. The van der Waals surface area contributed by atoms with Crippen molar-refractivity contribution in [2.75, 3.05) is 0 Å². The van der Waals surface area contributed by atoms with Crippen LogP contribution in [0.15, 0.2) is 0 Å². The minimum Gasteiger partial charge on any atom is -0.326 e. The summed E-state index contributed by atoms with van der Waals surface area (Å²) in [5, 5.41) is 0. The van der Waals surface area contributed by atoms with Crippen LogP contribution in [0.4, 0.5) is 0 Å². The summed E-state index contributed by atoms with van der Waals surface area (Å²) in [7, 11) is -6.40. The summed E-state index contributed by atoms with van der Waals surface area (Å²) in [5.41, 5.74) is 0. The normalized spacial score (nSPS) is 16.2. The Morgan fingerprint density at radius 2 is 1.38 bits per heavy atom. The molecule has 0 spiro atoms. The van der Waals surface area contributed by atoms with E-state index in [0.29, 0.717) is 0 Å². The summed E-state index contributed by atoms with van der Waals surface area (Å²) in [4.78, 5) is 15.4. The van der Waals surface area contributed by atoms with Crippen molar-refractivity contribution >= 4 is 16.5 Å². The monoisotopic (exact) mass is 210 g/mol. The Kier molecular flexibility index (Phi) is 8.92. The quantitative estimate of drug-likeness (QED) is 0.487. The van der Waals surface area contributed by atoms with E-state index < -0.39 is 16.5 Å². The Morgan fingerprint density at radius 3 is 1.38 bits per heavy atom. The van der Waals surface area contributed by atoms with Crippen molar-refractivity contribution in [3.63, 3.8) is 0 Å². The minimum atomic E-state index is -3.20. The van der Waals surface area contributed by atoms with E-state index in [1.54, 1.807) is 0 Å². The average molecular weight is 211 g/mol. The zero-order valence-electron chi connectivity index (χ0n) is 3.83. The predicted octanol–water partition coefficient (Wildman–Crippen LogP) is -0.236. The smallest absolute Gasteiger partial charge is 0.323 e. The van der Waals surface area contributed by atoms with Gasteiger partial charge in [0.05, 0.1) is 0 Å². The molecule has 0 amide bonds. The van der Waals surface area contributed by atoms with Crippen molar-refractivity contribution in [3.8, 4) is 0 Å². The van der Waals surface area contributed by atoms with Crippen LogP contribution in [-0.2, 0) is 32.9 Å². The van der Waals surface area contributed by atoms with Crippen molar-refractivity contribution in [3.05, 3.63) is 0 Å². The van der Waals surface area contributed by atoms with E-state index in [0.717, 1.165) is 0 Å². The number of hydrogen-bond donors (Lipinski definition) is 2. The first-order valence-corrected chi connectivity index (χ1v) is 3.79. The van der Waals surface area contributed by atoms with E-state index in [9.17, 15) is 9.13 Å². The summed E-state index contributed by atoms with van der Waals surface area (Å²) >= 11 is 0. The van der Waals surface area contributed by atoms with Gasteiger partial charge in [-0.2, -0.15) is 0 Å². The largest absolute Gasteiger partial charge is 0.326 e. The average Bonchev–Trinajstić information content (AvgIpc) is 1.27. The van der Waals surface area contributed by atoms with Gasteiger partial charge < -0.3 is 9.79 Å². The van der Waals surface area contributed by atoms with E-state index in [4.69, 9.17) is 9.79 Å². The van der Waals surface area contributed by atoms with Gasteiger partial charge in [-0.3, -0.25) is 9.13 Å². The molecule has 2 N–H and O–H groups in total. The molecular formula is H4O5P2Zn. The fourth-order valence-electron chi connectivity index (χ4n) is 0.0747. The van der Waals surface area contributed by atoms with Crippen molar-refractivity contribution in [2.45, 2.75) is 0 Å². The van der Waals surface area contributed by atoms with E-state index in [-0.39, 0.29) is 19.5 Å². The minimum absolute atomic E-state index is 0. The van der Waals surface area contributed by atoms with Gasteiger partial charge in [0.25, 0.3) is 0 Å². The maximum absolute atomic E-state index is 9.44. The van der Waals surface area contributed by atoms with Crippen molar-refractivity contribution in [2.24, 2.45) is 0 Å². The van der Waals surface area contributed by atoms with Crippen LogP contribution in [0, 0.1) is 0 Å². The van der Waals surface area contributed by atoms with Crippen molar-refractivity contribution in [1.29, 1.82) is 0 Å². The molecule has 0 fully saturated rings. The van der Waals surface area contributed by atoms with Crippen LogP contribution >= 0.6 is 16.5 Å². The third kappa shape index (κ3) is 10.1. The fourth-order valence-corrected chi connectivity index (χ4v) is 0.672. The standard InChI is InChI=1S/H4O5P2.Zn/c1-6(2)5-7(3)4;/h6-7H,(H,1,2)(H,3,4);. The second kappa shape index (κ2) is 6.09. The van der Waals surface area contributed by atoms with Gasteiger partial charge in [-0.25, -0.2) is 4.31 Å². The first-order chi connectivity index (χ1) is 3.13. The SMILES string of the molecule is O=[PH](O)O[PH](=O)O.[Zn]. The summed E-state index contributed by atoms with van der Waals surface area (Å²) in [6.07, 6.45) is 0. The Labute approximate surface area is 59.7 Å². The van der Waals surface area contributed by atoms with Crippen LogP contribution in [-0.4, -0.2) is 9.79 Å². The van der Waals surface area contributed by atoms with E-state index >= 15 is 0 Å². The molecule has 0 saturated heterocycles. The van der Waals surface area contributed by atoms with Gasteiger partial charge in [-0.05, 0) is 0 Å². The molecule has 0 aromatic heterocycles. The summed E-state index contributed by atoms with van der Waals surface area (Å²) in [6, 6.07) is 0. The maximum atomic E-state index is 9.44. The van der Waals surface area contributed by atoms with Crippen molar-refractivity contribution in [1.82, 2.24) is 0 Å². The van der Waals surface area contributed by atoms with E-state index in [1.165, 1.54) is 0 Å². The number of rotatable bonds is 2. The van der Waals surface area contributed by atoms with Crippen LogP contribution in [0.5, 0.6) is 0 Å². The molecule has 0 bridgehead atoms. The first-order valence-electron chi connectivity index (χ1n) is 1.26. The molecule has 8 heavy (non-hydrogen) atoms. The molecule has 46 valence electrons. The molecule has 0 heterocycles. The topological polar surface area (TPSA) is 83.8 Å². The van der Waals surface area contributed by atoms with Crippen LogP contribution < -0.4 is 0 Å². The molecule has 0 aliphatic carbocycles.